The number of carbonyl (C=O) groups is 3. The van der Waals surface area contributed by atoms with Crippen LogP contribution in [0.5, 0.6) is 5.75 Å². The molecule has 7 nitrogen and oxygen atoms in total. The van der Waals surface area contributed by atoms with E-state index in [1.807, 2.05) is 48.7 Å². The third kappa shape index (κ3) is 4.72. The normalized spacial score (nSPS) is 18.8. The van der Waals surface area contributed by atoms with Gasteiger partial charge in [0, 0.05) is 37.4 Å². The van der Waals surface area contributed by atoms with Gasteiger partial charge in [-0.15, -0.1) is 11.3 Å². The Bertz CT molecular complexity index is 1200. The van der Waals surface area contributed by atoms with Crippen molar-refractivity contribution >= 4 is 40.3 Å². The molecule has 1 aromatic heterocycles. The SMILES string of the molecule is CCOc1ccc(N2C(=O)C[C@@H](N3CCN(c4ccc(C(=O)c5cccs5)cc4)CC3)C2=O)cc1. The molecular formula is C27H27N3O4S. The van der Waals surface area contributed by atoms with Crippen LogP contribution in [0.1, 0.15) is 28.6 Å². The number of anilines is 2. The van der Waals surface area contributed by atoms with E-state index in [0.29, 0.717) is 36.7 Å². The molecule has 3 aromatic rings. The first-order valence-corrected chi connectivity index (χ1v) is 12.7. The topological polar surface area (TPSA) is 70.2 Å². The van der Waals surface area contributed by atoms with Crippen molar-refractivity contribution in [2.24, 2.45) is 0 Å². The third-order valence-electron chi connectivity index (χ3n) is 6.52. The highest BCUT2D eigenvalue weighted by Crippen LogP contribution is 2.29. The van der Waals surface area contributed by atoms with E-state index >= 15 is 0 Å². The molecule has 180 valence electrons. The van der Waals surface area contributed by atoms with E-state index in [0.717, 1.165) is 23.7 Å². The molecule has 5 rings (SSSR count). The number of benzene rings is 2. The average Bonchev–Trinajstić information content (AvgIpc) is 3.53. The fourth-order valence-corrected chi connectivity index (χ4v) is 5.38. The Morgan fingerprint density at radius 2 is 1.63 bits per heavy atom. The van der Waals surface area contributed by atoms with Gasteiger partial charge in [-0.1, -0.05) is 6.07 Å². The van der Waals surface area contributed by atoms with Gasteiger partial charge in [0.2, 0.25) is 11.7 Å². The lowest BCUT2D eigenvalue weighted by Crippen LogP contribution is -2.52. The van der Waals surface area contributed by atoms with Crippen LogP contribution in [0.2, 0.25) is 0 Å². The van der Waals surface area contributed by atoms with Crippen LogP contribution in [-0.2, 0) is 9.59 Å². The van der Waals surface area contributed by atoms with Crippen LogP contribution in [0.15, 0.2) is 66.0 Å². The molecule has 0 unspecified atom stereocenters. The number of ketones is 1. The highest BCUT2D eigenvalue weighted by molar-refractivity contribution is 7.12. The van der Waals surface area contributed by atoms with Gasteiger partial charge in [-0.2, -0.15) is 0 Å². The number of ether oxygens (including phenoxy) is 1. The molecule has 0 aliphatic carbocycles. The smallest absolute Gasteiger partial charge is 0.251 e. The first-order chi connectivity index (χ1) is 17.0. The van der Waals surface area contributed by atoms with Crippen LogP contribution in [0.4, 0.5) is 11.4 Å². The Morgan fingerprint density at radius 1 is 0.943 bits per heavy atom. The van der Waals surface area contributed by atoms with Gasteiger partial charge in [-0.05, 0) is 66.9 Å². The summed E-state index contributed by atoms with van der Waals surface area (Å²) in [5.74, 6) is 0.423. The summed E-state index contributed by atoms with van der Waals surface area (Å²) in [5, 5.41) is 1.90. The Kier molecular flexibility index (Phi) is 6.66. The molecule has 0 spiro atoms. The van der Waals surface area contributed by atoms with Crippen LogP contribution < -0.4 is 14.5 Å². The average molecular weight is 490 g/mol. The summed E-state index contributed by atoms with van der Waals surface area (Å²) >= 11 is 1.45. The molecule has 0 saturated carbocycles. The van der Waals surface area contributed by atoms with Crippen LogP contribution in [0, 0.1) is 0 Å². The van der Waals surface area contributed by atoms with Crippen molar-refractivity contribution in [3.63, 3.8) is 0 Å². The number of imide groups is 1. The van der Waals surface area contributed by atoms with Gasteiger partial charge in [-0.25, -0.2) is 4.90 Å². The van der Waals surface area contributed by atoms with Gasteiger partial charge < -0.3 is 9.64 Å². The number of hydrogen-bond acceptors (Lipinski definition) is 7. The first kappa shape index (κ1) is 23.3. The van der Waals surface area contributed by atoms with Crippen molar-refractivity contribution in [1.82, 2.24) is 4.90 Å². The molecule has 0 bridgehead atoms. The van der Waals surface area contributed by atoms with Crippen molar-refractivity contribution in [3.05, 3.63) is 76.5 Å². The highest BCUT2D eigenvalue weighted by Gasteiger charge is 2.43. The van der Waals surface area contributed by atoms with Gasteiger partial charge in [0.15, 0.2) is 0 Å². The molecule has 3 heterocycles. The van der Waals surface area contributed by atoms with Crippen molar-refractivity contribution in [3.8, 4) is 5.75 Å². The molecule has 8 heteroatoms. The summed E-state index contributed by atoms with van der Waals surface area (Å²) in [6.45, 7) is 5.35. The molecule has 2 fully saturated rings. The van der Waals surface area contributed by atoms with E-state index < -0.39 is 6.04 Å². The largest absolute Gasteiger partial charge is 0.494 e. The minimum absolute atomic E-state index is 0.0397. The zero-order chi connectivity index (χ0) is 24.4. The number of rotatable bonds is 7. The fourth-order valence-electron chi connectivity index (χ4n) is 4.70. The van der Waals surface area contributed by atoms with Crippen LogP contribution in [-0.4, -0.2) is 61.3 Å². The minimum Gasteiger partial charge on any atom is -0.494 e. The minimum atomic E-state index is -0.429. The standard InChI is InChI=1S/C27H27N3O4S/c1-2-34-22-11-9-21(10-12-22)30-25(31)18-23(27(30)33)29-15-13-28(14-16-29)20-7-5-19(6-8-20)26(32)24-4-3-17-35-24/h3-12,17,23H,2,13-16,18H2,1H3/t23-/m1/s1. The van der Waals surface area contributed by atoms with E-state index in [1.54, 1.807) is 24.3 Å². The van der Waals surface area contributed by atoms with E-state index in [9.17, 15) is 14.4 Å². The predicted octanol–water partition coefficient (Wildman–Crippen LogP) is 3.83. The van der Waals surface area contributed by atoms with E-state index in [4.69, 9.17) is 4.74 Å². The maximum Gasteiger partial charge on any atom is 0.251 e. The number of nitrogens with zero attached hydrogens (tertiary/aromatic N) is 3. The Hall–Kier alpha value is -3.49. The molecule has 0 N–H and O–H groups in total. The van der Waals surface area contributed by atoms with E-state index in [1.165, 1.54) is 16.2 Å². The summed E-state index contributed by atoms with van der Waals surface area (Å²) in [4.78, 5) is 44.8. The van der Waals surface area contributed by atoms with Gasteiger partial charge in [-0.3, -0.25) is 19.3 Å². The Balaban J connectivity index is 1.20. The second-order valence-corrected chi connectivity index (χ2v) is 9.54. The van der Waals surface area contributed by atoms with Crippen molar-refractivity contribution < 1.29 is 19.1 Å². The number of carbonyl (C=O) groups excluding carboxylic acids is 3. The maximum atomic E-state index is 13.2. The highest BCUT2D eigenvalue weighted by atomic mass is 32.1. The van der Waals surface area contributed by atoms with Gasteiger partial charge in [0.1, 0.15) is 5.75 Å². The van der Waals surface area contributed by atoms with Gasteiger partial charge in [0.25, 0.3) is 5.91 Å². The lowest BCUT2D eigenvalue weighted by molar-refractivity contribution is -0.123. The van der Waals surface area contributed by atoms with E-state index in [-0.39, 0.29) is 24.0 Å². The third-order valence-corrected chi connectivity index (χ3v) is 7.39. The number of hydrogen-bond donors (Lipinski definition) is 0. The quantitative estimate of drug-likeness (QED) is 0.371. The second-order valence-electron chi connectivity index (χ2n) is 8.59. The van der Waals surface area contributed by atoms with Crippen LogP contribution in [0.25, 0.3) is 0 Å². The molecule has 2 aromatic carbocycles. The molecule has 2 amide bonds. The lowest BCUT2D eigenvalue weighted by Gasteiger charge is -2.38. The first-order valence-electron chi connectivity index (χ1n) is 11.8. The zero-order valence-electron chi connectivity index (χ0n) is 19.6. The summed E-state index contributed by atoms with van der Waals surface area (Å²) in [6, 6.07) is 18.1. The molecule has 2 aliphatic rings. The molecule has 2 saturated heterocycles. The predicted molar refractivity (Wildman–Crippen MR) is 136 cm³/mol. The van der Waals surface area contributed by atoms with E-state index in [2.05, 4.69) is 9.80 Å². The lowest BCUT2D eigenvalue weighted by atomic mass is 10.1. The summed E-state index contributed by atoms with van der Waals surface area (Å²) in [7, 11) is 0. The monoisotopic (exact) mass is 489 g/mol. The second kappa shape index (κ2) is 10.0. The molecule has 1 atom stereocenters. The number of amides is 2. The van der Waals surface area contributed by atoms with Crippen molar-refractivity contribution in [2.75, 3.05) is 42.6 Å². The van der Waals surface area contributed by atoms with Crippen molar-refractivity contribution in [1.29, 1.82) is 0 Å². The van der Waals surface area contributed by atoms with Gasteiger partial charge in [0.05, 0.1) is 29.6 Å². The molecule has 0 radical (unpaired) electrons. The summed E-state index contributed by atoms with van der Waals surface area (Å²) in [6.07, 6.45) is 0.200. The molecular weight excluding hydrogens is 462 g/mol. The molecule has 35 heavy (non-hydrogen) atoms. The van der Waals surface area contributed by atoms with Crippen molar-refractivity contribution in [2.45, 2.75) is 19.4 Å². The van der Waals surface area contributed by atoms with Gasteiger partial charge >= 0.3 is 0 Å². The molecule has 2 aliphatic heterocycles. The fraction of sp³-hybridized carbons (Fsp3) is 0.296. The maximum absolute atomic E-state index is 13.2. The number of thiophene rings is 1. The number of piperazine rings is 1. The van der Waals surface area contributed by atoms with Crippen LogP contribution in [0.3, 0.4) is 0 Å². The van der Waals surface area contributed by atoms with Crippen LogP contribution >= 0.6 is 11.3 Å². The Morgan fingerprint density at radius 3 is 2.26 bits per heavy atom. The zero-order valence-corrected chi connectivity index (χ0v) is 20.4. The Labute approximate surface area is 208 Å². The summed E-state index contributed by atoms with van der Waals surface area (Å²) < 4.78 is 5.46. The summed E-state index contributed by atoms with van der Waals surface area (Å²) in [5.41, 5.74) is 2.32.